The van der Waals surface area contributed by atoms with Crippen molar-refractivity contribution in [2.45, 2.75) is 13.8 Å². The van der Waals surface area contributed by atoms with E-state index in [0.717, 1.165) is 48.3 Å². The fourth-order valence-corrected chi connectivity index (χ4v) is 5.59. The van der Waals surface area contributed by atoms with Gasteiger partial charge in [-0.15, -0.1) is 0 Å². The minimum Gasteiger partial charge on any atom is -0.478 e. The highest BCUT2D eigenvalue weighted by Crippen LogP contribution is 2.28. The molecular formula is C38H38N4O7. The number of morpholine rings is 2. The number of pyridine rings is 2. The van der Waals surface area contributed by atoms with Crippen LogP contribution in [0.3, 0.4) is 0 Å². The number of rotatable bonds is 4. The number of carbonyl (C=O) groups excluding carboxylic acids is 1. The first-order chi connectivity index (χ1) is 23.9. The Labute approximate surface area is 283 Å². The Morgan fingerprint density at radius 1 is 0.694 bits per heavy atom. The van der Waals surface area contributed by atoms with Crippen LogP contribution in [0.5, 0.6) is 0 Å². The van der Waals surface area contributed by atoms with Crippen molar-refractivity contribution < 1.29 is 33.0 Å². The van der Waals surface area contributed by atoms with E-state index < -0.39 is 5.97 Å². The maximum atomic E-state index is 13.1. The highest BCUT2D eigenvalue weighted by molar-refractivity contribution is 6.07. The molecule has 4 aromatic heterocycles. The molecule has 0 aliphatic carbocycles. The molecule has 2 aliphatic rings. The first kappa shape index (κ1) is 33.5. The summed E-state index contributed by atoms with van der Waals surface area (Å²) in [7, 11) is 0. The van der Waals surface area contributed by atoms with Crippen molar-refractivity contribution >= 4 is 33.7 Å². The number of furan rings is 2. The number of aromatic nitrogens is 2. The van der Waals surface area contributed by atoms with Gasteiger partial charge in [-0.3, -0.25) is 4.79 Å². The van der Waals surface area contributed by atoms with E-state index in [1.165, 1.54) is 6.26 Å². The van der Waals surface area contributed by atoms with Gasteiger partial charge in [0.2, 0.25) is 0 Å². The molecule has 1 amide bonds. The second kappa shape index (κ2) is 15.7. The standard InChI is InChI=1S/C19H18N2O3.C15H11NO3.C4H9NO/c1-13-4-5-16-14(11-13)15(19(22)21-6-9-23-10-7-21)12-17(20-16)18-3-2-8-24-18;1-9-4-5-12-10(7-9)11(15(17)18)8-13(16-12)14-3-2-6-19-14;1-3-6-4-2-5-1/h2-5,8,11-12H,6-7,9-10H2,1H3;2-8H,1H3,(H,17,18);5H,1-4H2. The lowest BCUT2D eigenvalue weighted by Gasteiger charge is -2.27. The SMILES string of the molecule is C1COCCN1.Cc1ccc2nc(-c3ccco3)cc(C(=O)N3CCOCC3)c2c1.Cc1ccc2nc(-c3ccco3)cc(C(=O)O)c2c1. The molecule has 2 saturated heterocycles. The third kappa shape index (κ3) is 8.21. The summed E-state index contributed by atoms with van der Waals surface area (Å²) in [5.41, 5.74) is 5.65. The average Bonchev–Trinajstić information content (AvgIpc) is 3.88. The molecule has 0 atom stereocenters. The zero-order valence-electron chi connectivity index (χ0n) is 27.5. The fraction of sp³-hybridized carbons (Fsp3) is 0.263. The summed E-state index contributed by atoms with van der Waals surface area (Å²) in [6, 6.07) is 22.1. The molecule has 11 heteroatoms. The van der Waals surface area contributed by atoms with Crippen LogP contribution in [0, 0.1) is 13.8 Å². The van der Waals surface area contributed by atoms with Gasteiger partial charge in [0.05, 0.1) is 61.1 Å². The Balaban J connectivity index is 0.000000148. The second-order valence-corrected chi connectivity index (χ2v) is 11.7. The van der Waals surface area contributed by atoms with Gasteiger partial charge in [0.1, 0.15) is 11.4 Å². The number of hydrogen-bond donors (Lipinski definition) is 2. The van der Waals surface area contributed by atoms with Gasteiger partial charge >= 0.3 is 5.97 Å². The van der Waals surface area contributed by atoms with Crippen molar-refractivity contribution in [1.82, 2.24) is 20.2 Å². The normalized spacial score (nSPS) is 14.4. The van der Waals surface area contributed by atoms with Crippen LogP contribution in [-0.2, 0) is 9.47 Å². The number of carbonyl (C=O) groups is 2. The molecule has 6 heterocycles. The Morgan fingerprint density at radius 3 is 1.65 bits per heavy atom. The van der Waals surface area contributed by atoms with E-state index in [-0.39, 0.29) is 11.5 Å². The van der Waals surface area contributed by atoms with Gasteiger partial charge < -0.3 is 33.6 Å². The van der Waals surface area contributed by atoms with Gasteiger partial charge in [-0.2, -0.15) is 0 Å². The Bertz CT molecular complexity index is 2020. The third-order valence-electron chi connectivity index (χ3n) is 8.08. The Kier molecular flexibility index (Phi) is 10.7. The highest BCUT2D eigenvalue weighted by Gasteiger charge is 2.22. The molecule has 8 rings (SSSR count). The monoisotopic (exact) mass is 662 g/mol. The number of aryl methyl sites for hydroxylation is 2. The lowest BCUT2D eigenvalue weighted by molar-refractivity contribution is 0.0304. The van der Waals surface area contributed by atoms with Gasteiger partial charge in [0, 0.05) is 37.0 Å². The van der Waals surface area contributed by atoms with Crippen molar-refractivity contribution in [3.05, 3.63) is 108 Å². The minimum atomic E-state index is -0.967. The van der Waals surface area contributed by atoms with Crippen LogP contribution >= 0.6 is 0 Å². The molecule has 0 radical (unpaired) electrons. The van der Waals surface area contributed by atoms with Gasteiger partial charge in [-0.05, 0) is 74.5 Å². The van der Waals surface area contributed by atoms with E-state index in [0.29, 0.717) is 65.7 Å². The molecule has 0 unspecified atom stereocenters. The van der Waals surface area contributed by atoms with E-state index in [4.69, 9.17) is 18.3 Å². The van der Waals surface area contributed by atoms with Crippen LogP contribution in [0.1, 0.15) is 31.8 Å². The summed E-state index contributed by atoms with van der Waals surface area (Å²) in [6.45, 7) is 10.2. The summed E-state index contributed by atoms with van der Waals surface area (Å²) in [5, 5.41) is 14.0. The Hall–Kier alpha value is -5.36. The molecule has 2 fully saturated rings. The summed E-state index contributed by atoms with van der Waals surface area (Å²) in [4.78, 5) is 35.4. The number of carboxylic acid groups (broad SMARTS) is 1. The molecule has 0 spiro atoms. The van der Waals surface area contributed by atoms with Crippen molar-refractivity contribution in [2.75, 3.05) is 52.6 Å². The minimum absolute atomic E-state index is 0.0177. The lowest BCUT2D eigenvalue weighted by Crippen LogP contribution is -2.40. The number of fused-ring (bicyclic) bond motifs is 2. The number of aromatic carboxylic acids is 1. The number of benzene rings is 2. The first-order valence-corrected chi connectivity index (χ1v) is 16.2. The molecule has 11 nitrogen and oxygen atoms in total. The van der Waals surface area contributed by atoms with Crippen molar-refractivity contribution in [3.63, 3.8) is 0 Å². The molecule has 6 aromatic rings. The average molecular weight is 663 g/mol. The summed E-state index contributed by atoms with van der Waals surface area (Å²) < 4.78 is 21.1. The zero-order valence-corrected chi connectivity index (χ0v) is 27.5. The summed E-state index contributed by atoms with van der Waals surface area (Å²) >= 11 is 0. The van der Waals surface area contributed by atoms with E-state index in [1.807, 2.05) is 73.3 Å². The summed E-state index contributed by atoms with van der Waals surface area (Å²) in [6.07, 6.45) is 3.15. The number of nitrogens with one attached hydrogen (secondary N) is 1. The Morgan fingerprint density at radius 2 is 1.20 bits per heavy atom. The van der Waals surface area contributed by atoms with Crippen LogP contribution in [0.2, 0.25) is 0 Å². The number of hydrogen-bond acceptors (Lipinski definition) is 9. The van der Waals surface area contributed by atoms with Gasteiger partial charge in [-0.25, -0.2) is 14.8 Å². The molecule has 2 aromatic carbocycles. The predicted octanol–water partition coefficient (Wildman–Crippen LogP) is 6.38. The second-order valence-electron chi connectivity index (χ2n) is 11.7. The van der Waals surface area contributed by atoms with Crippen LogP contribution in [0.25, 0.3) is 44.7 Å². The lowest BCUT2D eigenvalue weighted by atomic mass is 10.0. The topological polar surface area (TPSA) is 140 Å². The molecule has 2 aliphatic heterocycles. The van der Waals surface area contributed by atoms with Crippen LogP contribution in [0.4, 0.5) is 0 Å². The van der Waals surface area contributed by atoms with E-state index >= 15 is 0 Å². The molecule has 2 N–H and O–H groups in total. The molecule has 252 valence electrons. The summed E-state index contributed by atoms with van der Waals surface area (Å²) in [5.74, 6) is 0.272. The fourth-order valence-electron chi connectivity index (χ4n) is 5.59. The number of carboxylic acids is 1. The van der Waals surface area contributed by atoms with Crippen LogP contribution in [0.15, 0.2) is 94.2 Å². The highest BCUT2D eigenvalue weighted by atomic mass is 16.5. The van der Waals surface area contributed by atoms with E-state index in [2.05, 4.69) is 15.3 Å². The van der Waals surface area contributed by atoms with Crippen molar-refractivity contribution in [3.8, 4) is 22.9 Å². The van der Waals surface area contributed by atoms with Gasteiger partial charge in [0.15, 0.2) is 11.5 Å². The zero-order chi connectivity index (χ0) is 34.2. The van der Waals surface area contributed by atoms with Crippen molar-refractivity contribution in [2.24, 2.45) is 0 Å². The van der Waals surface area contributed by atoms with Gasteiger partial charge in [-0.1, -0.05) is 23.3 Å². The number of ether oxygens (including phenoxy) is 2. The predicted molar refractivity (Wildman–Crippen MR) is 186 cm³/mol. The largest absolute Gasteiger partial charge is 0.478 e. The quantitative estimate of drug-likeness (QED) is 0.218. The van der Waals surface area contributed by atoms with E-state index in [1.54, 1.807) is 24.5 Å². The van der Waals surface area contributed by atoms with E-state index in [9.17, 15) is 14.7 Å². The van der Waals surface area contributed by atoms with Crippen LogP contribution in [-0.4, -0.2) is 84.5 Å². The number of amides is 1. The maximum Gasteiger partial charge on any atom is 0.336 e. The first-order valence-electron chi connectivity index (χ1n) is 16.2. The van der Waals surface area contributed by atoms with Crippen LogP contribution < -0.4 is 5.32 Å². The molecule has 0 saturated carbocycles. The third-order valence-corrected chi connectivity index (χ3v) is 8.08. The molecule has 49 heavy (non-hydrogen) atoms. The molecule has 0 bridgehead atoms. The molecular weight excluding hydrogens is 624 g/mol. The smallest absolute Gasteiger partial charge is 0.336 e. The van der Waals surface area contributed by atoms with Crippen molar-refractivity contribution in [1.29, 1.82) is 0 Å². The van der Waals surface area contributed by atoms with Gasteiger partial charge in [0.25, 0.3) is 5.91 Å². The maximum absolute atomic E-state index is 13.1. The number of nitrogens with zero attached hydrogens (tertiary/aromatic N) is 3.